The molecule has 1 N–H and O–H groups in total. The Bertz CT molecular complexity index is 1390. The monoisotopic (exact) mass is 487 g/mol. The summed E-state index contributed by atoms with van der Waals surface area (Å²) in [6, 6.07) is 6.63. The zero-order valence-corrected chi connectivity index (χ0v) is 20.2. The van der Waals surface area contributed by atoms with E-state index in [1.54, 1.807) is 32.2 Å². The Hall–Kier alpha value is -3.33. The number of alkyl halides is 3. The molecule has 0 spiro atoms. The lowest BCUT2D eigenvalue weighted by Crippen LogP contribution is -2.46. The van der Waals surface area contributed by atoms with E-state index >= 15 is 0 Å². The fourth-order valence-corrected chi connectivity index (χ4v) is 4.62. The van der Waals surface area contributed by atoms with Gasteiger partial charge in [0.25, 0.3) is 0 Å². The highest BCUT2D eigenvalue weighted by Gasteiger charge is 2.47. The third-order valence-electron chi connectivity index (χ3n) is 6.52. The van der Waals surface area contributed by atoms with Gasteiger partial charge < -0.3 is 14.1 Å². The second-order valence-electron chi connectivity index (χ2n) is 9.41. The lowest BCUT2D eigenvalue weighted by Gasteiger charge is -2.35. The molecule has 0 unspecified atom stereocenters. The van der Waals surface area contributed by atoms with E-state index in [1.165, 1.54) is 19.2 Å². The third kappa shape index (κ3) is 4.65. The van der Waals surface area contributed by atoms with Crippen LogP contribution in [-0.4, -0.2) is 44.8 Å². The minimum atomic E-state index is -4.68. The SMILES string of the molecule is Cc1ncc(-c2ccc3oc4cc([C@H](N(C)[C@@H](CC(C)C)C(=O)O)C(F)(F)F)ccc4c3c2)n1C. The van der Waals surface area contributed by atoms with Crippen LogP contribution < -0.4 is 0 Å². The van der Waals surface area contributed by atoms with Gasteiger partial charge in [-0.05, 0) is 56.1 Å². The summed E-state index contributed by atoms with van der Waals surface area (Å²) in [6.07, 6.45) is -2.80. The van der Waals surface area contributed by atoms with Gasteiger partial charge in [0.1, 0.15) is 29.1 Å². The molecule has 4 rings (SSSR count). The molecule has 6 nitrogen and oxygen atoms in total. The van der Waals surface area contributed by atoms with Crippen molar-refractivity contribution in [2.75, 3.05) is 7.05 Å². The Labute approximate surface area is 201 Å². The van der Waals surface area contributed by atoms with Gasteiger partial charge in [-0.1, -0.05) is 26.0 Å². The second-order valence-corrected chi connectivity index (χ2v) is 9.41. The number of hydrogen-bond donors (Lipinski definition) is 1. The van der Waals surface area contributed by atoms with Crippen LogP contribution >= 0.6 is 0 Å². The van der Waals surface area contributed by atoms with Gasteiger partial charge in [-0.3, -0.25) is 9.69 Å². The average molecular weight is 488 g/mol. The van der Waals surface area contributed by atoms with E-state index in [-0.39, 0.29) is 17.9 Å². The molecule has 2 aromatic carbocycles. The number of carboxylic acid groups (broad SMARTS) is 1. The second kappa shape index (κ2) is 9.03. The van der Waals surface area contributed by atoms with Crippen LogP contribution in [0, 0.1) is 12.8 Å². The Kier molecular flexibility index (Phi) is 6.40. The van der Waals surface area contributed by atoms with Crippen molar-refractivity contribution in [1.29, 1.82) is 0 Å². The van der Waals surface area contributed by atoms with Crippen molar-refractivity contribution in [3.8, 4) is 11.3 Å². The lowest BCUT2D eigenvalue weighted by atomic mass is 9.97. The number of benzene rings is 2. The van der Waals surface area contributed by atoms with Gasteiger partial charge in [0.2, 0.25) is 0 Å². The molecular formula is C26H28F3N3O3. The summed E-state index contributed by atoms with van der Waals surface area (Å²) in [5.41, 5.74) is 2.63. The Morgan fingerprint density at radius 3 is 2.43 bits per heavy atom. The molecule has 0 fully saturated rings. The Morgan fingerprint density at radius 1 is 1.14 bits per heavy atom. The van der Waals surface area contributed by atoms with Crippen LogP contribution in [0.3, 0.4) is 0 Å². The van der Waals surface area contributed by atoms with Gasteiger partial charge in [-0.15, -0.1) is 0 Å². The molecule has 2 aromatic heterocycles. The molecule has 0 bridgehead atoms. The Morgan fingerprint density at radius 2 is 1.86 bits per heavy atom. The van der Waals surface area contributed by atoms with E-state index in [9.17, 15) is 23.1 Å². The number of fused-ring (bicyclic) bond motifs is 3. The molecule has 186 valence electrons. The zero-order chi connectivity index (χ0) is 25.7. The molecule has 2 heterocycles. The quantitative estimate of drug-likeness (QED) is 0.330. The van der Waals surface area contributed by atoms with Gasteiger partial charge in [0.15, 0.2) is 0 Å². The molecule has 0 aliphatic carbocycles. The van der Waals surface area contributed by atoms with E-state index in [2.05, 4.69) is 4.98 Å². The molecule has 4 aromatic rings. The highest BCUT2D eigenvalue weighted by molar-refractivity contribution is 6.06. The van der Waals surface area contributed by atoms with E-state index in [0.29, 0.717) is 16.6 Å². The van der Waals surface area contributed by atoms with Crippen LogP contribution in [0.1, 0.15) is 37.7 Å². The highest BCUT2D eigenvalue weighted by atomic mass is 19.4. The third-order valence-corrected chi connectivity index (χ3v) is 6.52. The van der Waals surface area contributed by atoms with E-state index in [4.69, 9.17) is 4.42 Å². The number of likely N-dealkylation sites (N-methyl/N-ethyl adjacent to an activating group) is 1. The van der Waals surface area contributed by atoms with Crippen LogP contribution in [0.2, 0.25) is 0 Å². The van der Waals surface area contributed by atoms with Crippen molar-refractivity contribution in [3.63, 3.8) is 0 Å². The van der Waals surface area contributed by atoms with Crippen LogP contribution in [0.15, 0.2) is 47.0 Å². The number of furan rings is 1. The number of carbonyl (C=O) groups is 1. The van der Waals surface area contributed by atoms with Crippen LogP contribution in [0.25, 0.3) is 33.2 Å². The summed E-state index contributed by atoms with van der Waals surface area (Å²) >= 11 is 0. The number of hydrogen-bond acceptors (Lipinski definition) is 4. The van der Waals surface area contributed by atoms with E-state index < -0.39 is 24.2 Å². The maximum atomic E-state index is 14.2. The van der Waals surface area contributed by atoms with Crippen LogP contribution in [0.5, 0.6) is 0 Å². The van der Waals surface area contributed by atoms with Gasteiger partial charge in [-0.25, -0.2) is 4.98 Å². The average Bonchev–Trinajstić information content (AvgIpc) is 3.29. The fraction of sp³-hybridized carbons (Fsp3) is 0.385. The van der Waals surface area contributed by atoms with Crippen LogP contribution in [-0.2, 0) is 11.8 Å². The molecule has 2 atom stereocenters. The summed E-state index contributed by atoms with van der Waals surface area (Å²) in [4.78, 5) is 17.0. The first-order valence-corrected chi connectivity index (χ1v) is 11.3. The van der Waals surface area contributed by atoms with Crippen molar-refractivity contribution in [2.24, 2.45) is 13.0 Å². The number of aryl methyl sites for hydroxylation is 1. The van der Waals surface area contributed by atoms with Gasteiger partial charge in [0.05, 0.1) is 11.9 Å². The lowest BCUT2D eigenvalue weighted by molar-refractivity contribution is -0.192. The number of aromatic nitrogens is 2. The number of halogens is 3. The van der Waals surface area contributed by atoms with Crippen molar-refractivity contribution >= 4 is 27.9 Å². The standard InChI is InChI=1S/C26H28F3N3O3/c1-14(2)10-20(25(33)34)32(5)24(26(27,28)29)17-6-8-18-19-11-16(21-13-30-15(3)31(21)4)7-9-22(19)35-23(18)12-17/h6-9,11-14,20,24H,10H2,1-5H3,(H,33,34)/t20-,24-/m0/s1. The first-order chi connectivity index (χ1) is 16.4. The number of nitrogens with zero attached hydrogens (tertiary/aromatic N) is 3. The minimum Gasteiger partial charge on any atom is -0.480 e. The van der Waals surface area contributed by atoms with E-state index in [1.807, 2.05) is 30.7 Å². The Balaban J connectivity index is 1.79. The first kappa shape index (κ1) is 24.8. The molecule has 9 heteroatoms. The number of carboxylic acids is 1. The minimum absolute atomic E-state index is 0.0657. The largest absolute Gasteiger partial charge is 0.480 e. The molecule has 0 radical (unpaired) electrons. The summed E-state index contributed by atoms with van der Waals surface area (Å²) in [6.45, 7) is 5.47. The summed E-state index contributed by atoms with van der Waals surface area (Å²) in [5, 5.41) is 11.1. The molecule has 0 saturated carbocycles. The summed E-state index contributed by atoms with van der Waals surface area (Å²) in [5.74, 6) is -0.498. The topological polar surface area (TPSA) is 71.5 Å². The predicted molar refractivity (Wildman–Crippen MR) is 128 cm³/mol. The fourth-order valence-electron chi connectivity index (χ4n) is 4.62. The normalized spacial score (nSPS) is 14.3. The van der Waals surface area contributed by atoms with Crippen LogP contribution in [0.4, 0.5) is 13.2 Å². The summed E-state index contributed by atoms with van der Waals surface area (Å²) < 4.78 is 50.6. The van der Waals surface area contributed by atoms with Crippen molar-refractivity contribution in [2.45, 2.75) is 45.5 Å². The number of aliphatic carboxylic acids is 1. The molecule has 0 saturated heterocycles. The molecule has 0 aliphatic rings. The van der Waals surface area contributed by atoms with Crippen molar-refractivity contribution in [1.82, 2.24) is 14.5 Å². The first-order valence-electron chi connectivity index (χ1n) is 11.3. The van der Waals surface area contributed by atoms with Crippen molar-refractivity contribution < 1.29 is 27.5 Å². The highest BCUT2D eigenvalue weighted by Crippen LogP contribution is 2.41. The summed E-state index contributed by atoms with van der Waals surface area (Å²) in [7, 11) is 3.13. The molecule has 35 heavy (non-hydrogen) atoms. The maximum absolute atomic E-state index is 14.2. The van der Waals surface area contributed by atoms with Gasteiger partial charge >= 0.3 is 12.1 Å². The molecule has 0 aliphatic heterocycles. The number of rotatable bonds is 7. The molecule has 0 amide bonds. The molecular weight excluding hydrogens is 459 g/mol. The zero-order valence-electron chi connectivity index (χ0n) is 20.2. The van der Waals surface area contributed by atoms with Crippen molar-refractivity contribution in [3.05, 3.63) is 54.0 Å². The van der Waals surface area contributed by atoms with Gasteiger partial charge in [0, 0.05) is 23.4 Å². The van der Waals surface area contributed by atoms with Gasteiger partial charge in [-0.2, -0.15) is 13.2 Å². The van der Waals surface area contributed by atoms with E-state index in [0.717, 1.165) is 27.4 Å². The predicted octanol–water partition coefficient (Wildman–Crippen LogP) is 6.33. The number of imidazole rings is 1. The maximum Gasteiger partial charge on any atom is 0.408 e. The smallest absolute Gasteiger partial charge is 0.408 e.